The molecule has 1 unspecified atom stereocenters. The summed E-state index contributed by atoms with van der Waals surface area (Å²) in [7, 11) is 3.31. The monoisotopic (exact) mass is 277 g/mol. The lowest BCUT2D eigenvalue weighted by molar-refractivity contribution is -0.128. The number of nitrogens with zero attached hydrogens (tertiary/aromatic N) is 1. The van der Waals surface area contributed by atoms with Crippen LogP contribution in [0.4, 0.5) is 5.69 Å². The van der Waals surface area contributed by atoms with Gasteiger partial charge in [-0.05, 0) is 18.6 Å². The van der Waals surface area contributed by atoms with Crippen LogP contribution in [0.2, 0.25) is 0 Å². The van der Waals surface area contributed by atoms with E-state index in [1.165, 1.54) is 0 Å². The van der Waals surface area contributed by atoms with Gasteiger partial charge in [0.05, 0.1) is 25.4 Å². The molecule has 0 aromatic heterocycles. The number of para-hydroxylation sites is 2. The number of methoxy groups -OCH3 is 1. The van der Waals surface area contributed by atoms with Crippen LogP contribution in [0.3, 0.4) is 0 Å². The Balaban J connectivity index is 1.85. The van der Waals surface area contributed by atoms with Crippen molar-refractivity contribution in [2.45, 2.75) is 12.5 Å². The minimum Gasteiger partial charge on any atom is -0.495 e. The van der Waals surface area contributed by atoms with Crippen molar-refractivity contribution in [1.82, 2.24) is 10.2 Å². The largest absolute Gasteiger partial charge is 0.495 e. The highest BCUT2D eigenvalue weighted by Crippen LogP contribution is 2.22. The SMILES string of the molecule is COc1ccccc1NC(=O)CNC1CCN(C)C1=O. The Bertz CT molecular complexity index is 504. The molecule has 0 bridgehead atoms. The molecule has 1 atom stereocenters. The molecule has 2 rings (SSSR count). The maximum atomic E-state index is 11.9. The summed E-state index contributed by atoms with van der Waals surface area (Å²) < 4.78 is 5.16. The number of carbonyl (C=O) groups excluding carboxylic acids is 2. The fourth-order valence-corrected chi connectivity index (χ4v) is 2.17. The van der Waals surface area contributed by atoms with E-state index in [4.69, 9.17) is 4.74 Å². The standard InChI is InChI=1S/C14H19N3O3/c1-17-8-7-11(14(17)19)15-9-13(18)16-10-5-3-4-6-12(10)20-2/h3-6,11,15H,7-9H2,1-2H3,(H,16,18). The Hall–Kier alpha value is -2.08. The predicted octanol–water partition coefficient (Wildman–Crippen LogP) is 0.454. The van der Waals surface area contributed by atoms with Gasteiger partial charge in [-0.3, -0.25) is 14.9 Å². The highest BCUT2D eigenvalue weighted by Gasteiger charge is 2.28. The van der Waals surface area contributed by atoms with Gasteiger partial charge in [0.25, 0.3) is 0 Å². The third-order valence-electron chi connectivity index (χ3n) is 3.32. The summed E-state index contributed by atoms with van der Waals surface area (Å²) in [6.45, 7) is 0.826. The number of benzene rings is 1. The molecule has 1 aliphatic heterocycles. The van der Waals surface area contributed by atoms with E-state index in [-0.39, 0.29) is 24.4 Å². The summed E-state index contributed by atoms with van der Waals surface area (Å²) >= 11 is 0. The number of likely N-dealkylation sites (N-methyl/N-ethyl adjacent to an activating group) is 1. The fraction of sp³-hybridized carbons (Fsp3) is 0.429. The summed E-state index contributed by atoms with van der Waals surface area (Å²) in [6.07, 6.45) is 0.733. The van der Waals surface area contributed by atoms with Crippen molar-refractivity contribution in [3.63, 3.8) is 0 Å². The summed E-state index contributed by atoms with van der Waals surface area (Å²) in [5.74, 6) is 0.449. The molecule has 20 heavy (non-hydrogen) atoms. The van der Waals surface area contributed by atoms with E-state index in [0.717, 1.165) is 13.0 Å². The Kier molecular flexibility index (Phi) is 4.57. The molecule has 0 saturated carbocycles. The average Bonchev–Trinajstić information content (AvgIpc) is 2.77. The number of hydrogen-bond acceptors (Lipinski definition) is 4. The minimum absolute atomic E-state index is 0.0371. The summed E-state index contributed by atoms with van der Waals surface area (Å²) in [5, 5.41) is 5.74. The van der Waals surface area contributed by atoms with Crippen molar-refractivity contribution >= 4 is 17.5 Å². The first kappa shape index (κ1) is 14.3. The van der Waals surface area contributed by atoms with Gasteiger partial charge in [-0.15, -0.1) is 0 Å². The molecule has 0 spiro atoms. The Morgan fingerprint density at radius 2 is 2.20 bits per heavy atom. The second kappa shape index (κ2) is 6.38. The van der Waals surface area contributed by atoms with Crippen LogP contribution in [0.25, 0.3) is 0 Å². The van der Waals surface area contributed by atoms with E-state index in [9.17, 15) is 9.59 Å². The molecule has 0 aliphatic carbocycles. The van der Waals surface area contributed by atoms with E-state index in [0.29, 0.717) is 11.4 Å². The van der Waals surface area contributed by atoms with Gasteiger partial charge in [0.15, 0.2) is 0 Å². The summed E-state index contributed by atoms with van der Waals surface area (Å²) in [4.78, 5) is 25.2. The van der Waals surface area contributed by atoms with Crippen LogP contribution in [0.5, 0.6) is 5.75 Å². The second-order valence-electron chi connectivity index (χ2n) is 4.73. The number of amides is 2. The number of ether oxygens (including phenoxy) is 1. The fourth-order valence-electron chi connectivity index (χ4n) is 2.17. The Morgan fingerprint density at radius 3 is 2.85 bits per heavy atom. The minimum atomic E-state index is -0.261. The highest BCUT2D eigenvalue weighted by molar-refractivity contribution is 5.94. The van der Waals surface area contributed by atoms with Crippen molar-refractivity contribution in [2.75, 3.05) is 32.6 Å². The van der Waals surface area contributed by atoms with Crippen LogP contribution in [0.15, 0.2) is 24.3 Å². The van der Waals surface area contributed by atoms with E-state index in [2.05, 4.69) is 10.6 Å². The lowest BCUT2D eigenvalue weighted by Crippen LogP contribution is -2.41. The molecule has 6 heteroatoms. The van der Waals surface area contributed by atoms with Crippen molar-refractivity contribution in [3.05, 3.63) is 24.3 Å². The molecule has 1 aromatic rings. The highest BCUT2D eigenvalue weighted by atomic mass is 16.5. The van der Waals surface area contributed by atoms with Gasteiger partial charge in [0.2, 0.25) is 11.8 Å². The first-order valence-electron chi connectivity index (χ1n) is 6.53. The Morgan fingerprint density at radius 1 is 1.45 bits per heavy atom. The van der Waals surface area contributed by atoms with Gasteiger partial charge in [-0.25, -0.2) is 0 Å². The van der Waals surface area contributed by atoms with Gasteiger partial charge >= 0.3 is 0 Å². The number of nitrogens with one attached hydrogen (secondary N) is 2. The zero-order chi connectivity index (χ0) is 14.5. The molecule has 1 fully saturated rings. The normalized spacial score (nSPS) is 18.2. The first-order chi connectivity index (χ1) is 9.61. The van der Waals surface area contributed by atoms with Crippen LogP contribution >= 0.6 is 0 Å². The van der Waals surface area contributed by atoms with Crippen molar-refractivity contribution in [2.24, 2.45) is 0 Å². The van der Waals surface area contributed by atoms with Crippen molar-refractivity contribution in [3.8, 4) is 5.75 Å². The van der Waals surface area contributed by atoms with Crippen LogP contribution in [0.1, 0.15) is 6.42 Å². The summed E-state index contributed by atoms with van der Waals surface area (Å²) in [5.41, 5.74) is 0.622. The van der Waals surface area contributed by atoms with Crippen LogP contribution < -0.4 is 15.4 Å². The van der Waals surface area contributed by atoms with Gasteiger partial charge in [0.1, 0.15) is 5.75 Å². The average molecular weight is 277 g/mol. The molecule has 0 radical (unpaired) electrons. The third-order valence-corrected chi connectivity index (χ3v) is 3.32. The number of carbonyl (C=O) groups is 2. The van der Waals surface area contributed by atoms with E-state index >= 15 is 0 Å². The number of hydrogen-bond donors (Lipinski definition) is 2. The second-order valence-corrected chi connectivity index (χ2v) is 4.73. The molecule has 1 saturated heterocycles. The summed E-state index contributed by atoms with van der Waals surface area (Å²) in [6, 6.07) is 6.94. The maximum Gasteiger partial charge on any atom is 0.239 e. The molecule has 1 heterocycles. The number of rotatable bonds is 5. The zero-order valence-electron chi connectivity index (χ0n) is 11.7. The quantitative estimate of drug-likeness (QED) is 0.820. The van der Waals surface area contributed by atoms with Crippen LogP contribution in [0, 0.1) is 0 Å². The van der Waals surface area contributed by atoms with Crippen molar-refractivity contribution < 1.29 is 14.3 Å². The molecular formula is C14H19N3O3. The lowest BCUT2D eigenvalue weighted by Gasteiger charge is -2.13. The van der Waals surface area contributed by atoms with Crippen LogP contribution in [-0.4, -0.2) is 50.0 Å². The maximum absolute atomic E-state index is 11.9. The zero-order valence-corrected chi connectivity index (χ0v) is 11.7. The van der Waals surface area contributed by atoms with E-state index in [1.54, 1.807) is 31.2 Å². The third kappa shape index (κ3) is 3.27. The van der Waals surface area contributed by atoms with E-state index in [1.807, 2.05) is 12.1 Å². The van der Waals surface area contributed by atoms with Gasteiger partial charge in [-0.2, -0.15) is 0 Å². The molecule has 1 aromatic carbocycles. The van der Waals surface area contributed by atoms with Gasteiger partial charge in [-0.1, -0.05) is 12.1 Å². The molecular weight excluding hydrogens is 258 g/mol. The molecule has 2 N–H and O–H groups in total. The molecule has 6 nitrogen and oxygen atoms in total. The lowest BCUT2D eigenvalue weighted by atomic mass is 10.2. The van der Waals surface area contributed by atoms with Gasteiger partial charge in [0, 0.05) is 13.6 Å². The van der Waals surface area contributed by atoms with Gasteiger partial charge < -0.3 is 15.0 Å². The molecule has 2 amide bonds. The molecule has 108 valence electrons. The van der Waals surface area contributed by atoms with Crippen LogP contribution in [-0.2, 0) is 9.59 Å². The predicted molar refractivity (Wildman–Crippen MR) is 75.7 cm³/mol. The first-order valence-corrected chi connectivity index (χ1v) is 6.53. The van der Waals surface area contributed by atoms with Crippen molar-refractivity contribution in [1.29, 1.82) is 0 Å². The smallest absolute Gasteiger partial charge is 0.239 e. The molecule has 1 aliphatic rings. The van der Waals surface area contributed by atoms with E-state index < -0.39 is 0 Å². The number of anilines is 1. The topological polar surface area (TPSA) is 70.7 Å². The Labute approximate surface area is 118 Å². The number of likely N-dealkylation sites (tertiary alicyclic amines) is 1.